The Morgan fingerprint density at radius 2 is 1.90 bits per heavy atom. The predicted octanol–water partition coefficient (Wildman–Crippen LogP) is 4.00. The van der Waals surface area contributed by atoms with Gasteiger partial charge in [-0.3, -0.25) is 9.36 Å². The molecule has 1 N–H and O–H groups in total. The number of hydrogen-bond donors (Lipinski definition) is 1. The van der Waals surface area contributed by atoms with E-state index in [4.69, 9.17) is 4.74 Å². The third-order valence-corrected chi connectivity index (χ3v) is 5.44. The first-order chi connectivity index (χ1) is 14.0. The van der Waals surface area contributed by atoms with E-state index in [1.807, 2.05) is 23.6 Å². The lowest BCUT2D eigenvalue weighted by Gasteiger charge is -2.16. The molecule has 3 aromatic rings. The zero-order valence-corrected chi connectivity index (χ0v) is 18.0. The molecule has 0 fully saturated rings. The smallest absolute Gasteiger partial charge is 0.246 e. The molecule has 29 heavy (non-hydrogen) atoms. The normalized spacial score (nSPS) is 12.0. The number of nitrogens with zero attached hydrogens (tertiary/aromatic N) is 3. The molecule has 0 radical (unpaired) electrons. The lowest BCUT2D eigenvalue weighted by molar-refractivity contribution is -0.125. The maximum absolute atomic E-state index is 12.0. The number of thioether (sulfide) groups is 1. The summed E-state index contributed by atoms with van der Waals surface area (Å²) >= 11 is 1.63. The van der Waals surface area contributed by atoms with Gasteiger partial charge in [-0.05, 0) is 38.5 Å². The second kappa shape index (κ2) is 9.71. The van der Waals surface area contributed by atoms with E-state index >= 15 is 0 Å². The fraction of sp³-hybridized carbons (Fsp3) is 0.318. The fourth-order valence-electron chi connectivity index (χ4n) is 3.02. The molecule has 0 aliphatic heterocycles. The molecule has 0 bridgehead atoms. The quantitative estimate of drug-likeness (QED) is 0.569. The van der Waals surface area contributed by atoms with Crippen LogP contribution in [-0.2, 0) is 15.3 Å². The highest BCUT2D eigenvalue weighted by Gasteiger charge is 2.21. The van der Waals surface area contributed by atoms with Gasteiger partial charge >= 0.3 is 0 Å². The minimum absolute atomic E-state index is 0.0119. The van der Waals surface area contributed by atoms with Crippen LogP contribution in [-0.4, -0.2) is 34.4 Å². The Hall–Kier alpha value is -2.64. The van der Waals surface area contributed by atoms with Gasteiger partial charge in [-0.2, -0.15) is 0 Å². The summed E-state index contributed by atoms with van der Waals surface area (Å²) in [5.41, 5.74) is 4.61. The lowest BCUT2D eigenvalue weighted by atomic mass is 10.2. The minimum atomic E-state index is -0.306. The van der Waals surface area contributed by atoms with Crippen LogP contribution in [0.5, 0.6) is 0 Å². The van der Waals surface area contributed by atoms with Gasteiger partial charge in [0.2, 0.25) is 5.91 Å². The summed E-state index contributed by atoms with van der Waals surface area (Å²) < 4.78 is 6.92. The first-order valence-electron chi connectivity index (χ1n) is 9.47. The summed E-state index contributed by atoms with van der Waals surface area (Å²) in [4.78, 5) is 12.0. The van der Waals surface area contributed by atoms with Gasteiger partial charge in [-0.1, -0.05) is 59.3 Å². The number of methoxy groups -OCH3 is 1. The monoisotopic (exact) mass is 410 g/mol. The highest BCUT2D eigenvalue weighted by Crippen LogP contribution is 2.28. The average Bonchev–Trinajstić information content (AvgIpc) is 3.11. The molecular formula is C22H26N4O2S. The van der Waals surface area contributed by atoms with Crippen LogP contribution < -0.4 is 5.32 Å². The molecule has 1 heterocycles. The van der Waals surface area contributed by atoms with E-state index in [2.05, 4.69) is 65.8 Å². The van der Waals surface area contributed by atoms with E-state index in [0.717, 1.165) is 16.6 Å². The number of hydrogen-bond acceptors (Lipinski definition) is 5. The molecular weight excluding hydrogens is 384 g/mol. The van der Waals surface area contributed by atoms with Crippen molar-refractivity contribution < 1.29 is 9.53 Å². The van der Waals surface area contributed by atoms with Crippen LogP contribution in [0.3, 0.4) is 0 Å². The van der Waals surface area contributed by atoms with Crippen LogP contribution in [0.15, 0.2) is 53.7 Å². The molecule has 1 aromatic heterocycles. The van der Waals surface area contributed by atoms with E-state index in [-0.39, 0.29) is 18.6 Å². The highest BCUT2D eigenvalue weighted by molar-refractivity contribution is 7.98. The van der Waals surface area contributed by atoms with Gasteiger partial charge < -0.3 is 10.1 Å². The number of rotatable bonds is 8. The maximum atomic E-state index is 12.0. The van der Waals surface area contributed by atoms with Crippen molar-refractivity contribution in [1.82, 2.24) is 20.1 Å². The topological polar surface area (TPSA) is 69.0 Å². The second-order valence-corrected chi connectivity index (χ2v) is 7.95. The molecule has 1 amide bonds. The fourth-order valence-corrected chi connectivity index (χ4v) is 3.92. The Kier molecular flexibility index (Phi) is 7.06. The number of nitrogens with one attached hydrogen (secondary N) is 1. The third kappa shape index (κ3) is 5.46. The van der Waals surface area contributed by atoms with E-state index in [1.54, 1.807) is 11.8 Å². The summed E-state index contributed by atoms with van der Waals surface area (Å²) in [5, 5.41) is 12.5. The number of aryl methyl sites for hydroxylation is 2. The van der Waals surface area contributed by atoms with Gasteiger partial charge in [-0.25, -0.2) is 0 Å². The van der Waals surface area contributed by atoms with Crippen molar-refractivity contribution in [2.75, 3.05) is 13.7 Å². The molecule has 0 aliphatic carbocycles. The second-order valence-electron chi connectivity index (χ2n) is 7.01. The van der Waals surface area contributed by atoms with Gasteiger partial charge in [-0.15, -0.1) is 10.2 Å². The Bertz CT molecular complexity index is 969. The van der Waals surface area contributed by atoms with Crippen LogP contribution in [0.2, 0.25) is 0 Å². The molecule has 0 spiro atoms. The zero-order chi connectivity index (χ0) is 20.8. The van der Waals surface area contributed by atoms with Crippen molar-refractivity contribution in [3.05, 3.63) is 71.0 Å². The SMILES string of the molecule is COCC(=O)N[C@@H](C)c1nnc(SCc2cccc(C)c2)n1-c1ccc(C)cc1. The first-order valence-corrected chi connectivity index (χ1v) is 10.5. The van der Waals surface area contributed by atoms with Crippen LogP contribution >= 0.6 is 11.8 Å². The summed E-state index contributed by atoms with van der Waals surface area (Å²) in [6.07, 6.45) is 0. The maximum Gasteiger partial charge on any atom is 0.246 e. The number of amides is 1. The third-order valence-electron chi connectivity index (χ3n) is 4.44. The van der Waals surface area contributed by atoms with Gasteiger partial charge in [0.1, 0.15) is 6.61 Å². The lowest BCUT2D eigenvalue weighted by Crippen LogP contribution is -2.31. The Labute approximate surface area is 175 Å². The summed E-state index contributed by atoms with van der Waals surface area (Å²) in [6, 6.07) is 16.3. The van der Waals surface area contributed by atoms with E-state index in [9.17, 15) is 4.79 Å². The van der Waals surface area contributed by atoms with Crippen molar-refractivity contribution in [2.24, 2.45) is 0 Å². The highest BCUT2D eigenvalue weighted by atomic mass is 32.2. The van der Waals surface area contributed by atoms with E-state index in [1.165, 1.54) is 23.8 Å². The number of ether oxygens (including phenoxy) is 1. The van der Waals surface area contributed by atoms with Gasteiger partial charge in [0.25, 0.3) is 0 Å². The van der Waals surface area contributed by atoms with Crippen molar-refractivity contribution in [3.63, 3.8) is 0 Å². The van der Waals surface area contributed by atoms with E-state index < -0.39 is 0 Å². The van der Waals surface area contributed by atoms with Crippen molar-refractivity contribution >= 4 is 17.7 Å². The minimum Gasteiger partial charge on any atom is -0.375 e. The molecule has 3 rings (SSSR count). The van der Waals surface area contributed by atoms with Crippen LogP contribution in [0.1, 0.15) is 35.5 Å². The first kappa shape index (κ1) is 21.1. The Morgan fingerprint density at radius 1 is 1.14 bits per heavy atom. The summed E-state index contributed by atoms with van der Waals surface area (Å²) in [7, 11) is 1.50. The van der Waals surface area contributed by atoms with Crippen LogP contribution in [0.25, 0.3) is 5.69 Å². The average molecular weight is 411 g/mol. The molecule has 0 aliphatic rings. The summed E-state index contributed by atoms with van der Waals surface area (Å²) in [6.45, 7) is 6.05. The molecule has 0 unspecified atom stereocenters. The van der Waals surface area contributed by atoms with Crippen LogP contribution in [0.4, 0.5) is 0 Å². The van der Waals surface area contributed by atoms with E-state index in [0.29, 0.717) is 5.82 Å². The molecule has 2 aromatic carbocycles. The Balaban J connectivity index is 1.90. The molecule has 6 nitrogen and oxygen atoms in total. The largest absolute Gasteiger partial charge is 0.375 e. The predicted molar refractivity (Wildman–Crippen MR) is 115 cm³/mol. The zero-order valence-electron chi connectivity index (χ0n) is 17.2. The molecule has 0 saturated heterocycles. The number of carbonyl (C=O) groups is 1. The Morgan fingerprint density at radius 3 is 2.59 bits per heavy atom. The molecule has 1 atom stereocenters. The summed E-state index contributed by atoms with van der Waals surface area (Å²) in [5.74, 6) is 1.29. The standard InChI is InChI=1S/C22H26N4O2S/c1-15-8-10-19(11-9-15)26-21(17(3)23-20(27)13-28-4)24-25-22(26)29-14-18-7-5-6-16(2)12-18/h5-12,17H,13-14H2,1-4H3,(H,23,27)/t17-/m0/s1. The van der Waals surface area contributed by atoms with Crippen molar-refractivity contribution in [1.29, 1.82) is 0 Å². The molecule has 152 valence electrons. The van der Waals surface area contributed by atoms with Crippen molar-refractivity contribution in [2.45, 2.75) is 37.7 Å². The van der Waals surface area contributed by atoms with Crippen LogP contribution in [0, 0.1) is 13.8 Å². The van der Waals surface area contributed by atoms with Gasteiger partial charge in [0, 0.05) is 18.6 Å². The van der Waals surface area contributed by atoms with Crippen molar-refractivity contribution in [3.8, 4) is 5.69 Å². The molecule has 0 saturated carbocycles. The number of benzene rings is 2. The van der Waals surface area contributed by atoms with Gasteiger partial charge in [0.05, 0.1) is 6.04 Å². The number of aromatic nitrogens is 3. The molecule has 7 heteroatoms. The van der Waals surface area contributed by atoms with Gasteiger partial charge in [0.15, 0.2) is 11.0 Å². The number of carbonyl (C=O) groups excluding carboxylic acids is 1.